The van der Waals surface area contributed by atoms with E-state index in [0.717, 1.165) is 5.56 Å². The van der Waals surface area contributed by atoms with Gasteiger partial charge < -0.3 is 10.1 Å². The van der Waals surface area contributed by atoms with Gasteiger partial charge in [0.2, 0.25) is 0 Å². The molecular weight excluding hydrogens is 436 g/mol. The van der Waals surface area contributed by atoms with Gasteiger partial charge in [0.1, 0.15) is 5.75 Å². The summed E-state index contributed by atoms with van der Waals surface area (Å²) in [6.45, 7) is 3.65. The van der Waals surface area contributed by atoms with Crippen molar-refractivity contribution in [2.45, 2.75) is 31.3 Å². The first-order chi connectivity index (χ1) is 14.8. The van der Waals surface area contributed by atoms with Crippen molar-refractivity contribution in [1.29, 1.82) is 0 Å². The molecule has 1 atom stereocenters. The van der Waals surface area contributed by atoms with Crippen LogP contribution in [0.3, 0.4) is 0 Å². The minimum atomic E-state index is -3.75. The number of rotatable bonds is 8. The van der Waals surface area contributed by atoms with Gasteiger partial charge >= 0.3 is 0 Å². The number of sulfonamides is 1. The maximum atomic E-state index is 12.6. The van der Waals surface area contributed by atoms with Crippen molar-refractivity contribution in [2.75, 3.05) is 10.0 Å². The Balaban J connectivity index is 1.68. The van der Waals surface area contributed by atoms with Crippen LogP contribution in [0.1, 0.15) is 18.9 Å². The quantitative estimate of drug-likeness (QED) is 0.483. The summed E-state index contributed by atoms with van der Waals surface area (Å²) in [4.78, 5) is 12.7. The lowest BCUT2D eigenvalue weighted by atomic mass is 10.2. The molecule has 0 radical (unpaired) electrons. The highest BCUT2D eigenvalue weighted by Crippen LogP contribution is 2.25. The molecule has 2 N–H and O–H groups in total. The predicted octanol–water partition coefficient (Wildman–Crippen LogP) is 5.25. The third-order valence-corrected chi connectivity index (χ3v) is 6.28. The lowest BCUT2D eigenvalue weighted by Gasteiger charge is -2.18. The van der Waals surface area contributed by atoms with Crippen LogP contribution in [0.2, 0.25) is 5.02 Å². The Morgan fingerprint density at radius 1 is 1.00 bits per heavy atom. The van der Waals surface area contributed by atoms with E-state index >= 15 is 0 Å². The first-order valence-corrected chi connectivity index (χ1v) is 11.6. The zero-order chi connectivity index (χ0) is 22.4. The van der Waals surface area contributed by atoms with E-state index in [4.69, 9.17) is 16.3 Å². The smallest absolute Gasteiger partial charge is 0.265 e. The van der Waals surface area contributed by atoms with Crippen LogP contribution in [-0.4, -0.2) is 20.4 Å². The zero-order valence-electron chi connectivity index (χ0n) is 17.1. The van der Waals surface area contributed by atoms with Crippen molar-refractivity contribution in [1.82, 2.24) is 0 Å². The Labute approximate surface area is 187 Å². The summed E-state index contributed by atoms with van der Waals surface area (Å²) in [5.41, 5.74) is 1.79. The average molecular weight is 459 g/mol. The molecule has 0 heterocycles. The molecule has 0 bridgehead atoms. The SMILES string of the molecule is CC[C@@H](Oc1ccccc1Cl)C(=O)Nc1ccc(S(=O)(=O)Nc2ccccc2C)cc1. The Hall–Kier alpha value is -3.03. The summed E-state index contributed by atoms with van der Waals surface area (Å²) in [6, 6.07) is 20.0. The lowest BCUT2D eigenvalue weighted by Crippen LogP contribution is -2.32. The predicted molar refractivity (Wildman–Crippen MR) is 123 cm³/mol. The molecule has 162 valence electrons. The van der Waals surface area contributed by atoms with Crippen LogP contribution in [0, 0.1) is 6.92 Å². The van der Waals surface area contributed by atoms with E-state index in [2.05, 4.69) is 10.0 Å². The van der Waals surface area contributed by atoms with Crippen LogP contribution in [0.25, 0.3) is 0 Å². The summed E-state index contributed by atoms with van der Waals surface area (Å²) in [7, 11) is -3.75. The Kier molecular flexibility index (Phi) is 7.20. The molecule has 0 spiro atoms. The number of carbonyl (C=O) groups excluding carboxylic acids is 1. The standard InChI is InChI=1S/C23H23ClN2O4S/c1-3-21(30-22-11-7-5-9-19(22)24)23(27)25-17-12-14-18(15-13-17)31(28,29)26-20-10-6-4-8-16(20)2/h4-15,21,26H,3H2,1-2H3,(H,25,27)/t21-/m1/s1. The Bertz CT molecular complexity index is 1160. The fraction of sp³-hybridized carbons (Fsp3) is 0.174. The fourth-order valence-corrected chi connectivity index (χ4v) is 4.16. The van der Waals surface area contributed by atoms with Crippen LogP contribution in [0.4, 0.5) is 11.4 Å². The number of aryl methyl sites for hydroxylation is 1. The number of amides is 1. The second-order valence-corrected chi connectivity index (χ2v) is 8.97. The van der Waals surface area contributed by atoms with Crippen molar-refractivity contribution in [3.63, 3.8) is 0 Å². The van der Waals surface area contributed by atoms with Crippen molar-refractivity contribution >= 4 is 38.9 Å². The van der Waals surface area contributed by atoms with E-state index in [0.29, 0.717) is 28.6 Å². The second-order valence-electron chi connectivity index (χ2n) is 6.88. The molecule has 0 unspecified atom stereocenters. The molecular formula is C23H23ClN2O4S. The maximum Gasteiger partial charge on any atom is 0.265 e. The number of anilines is 2. The van der Waals surface area contributed by atoms with Gasteiger partial charge in [0.15, 0.2) is 6.10 Å². The van der Waals surface area contributed by atoms with Gasteiger partial charge in [-0.1, -0.05) is 48.9 Å². The molecule has 0 aliphatic rings. The molecule has 0 saturated heterocycles. The number of hydrogen-bond donors (Lipinski definition) is 2. The van der Waals surface area contributed by atoms with Gasteiger partial charge in [0.25, 0.3) is 15.9 Å². The molecule has 3 rings (SSSR count). The van der Waals surface area contributed by atoms with Gasteiger partial charge in [0.05, 0.1) is 15.6 Å². The third kappa shape index (κ3) is 5.77. The monoisotopic (exact) mass is 458 g/mol. The topological polar surface area (TPSA) is 84.5 Å². The van der Waals surface area contributed by atoms with E-state index in [-0.39, 0.29) is 10.8 Å². The average Bonchev–Trinajstić information content (AvgIpc) is 2.75. The third-order valence-electron chi connectivity index (χ3n) is 4.59. The van der Waals surface area contributed by atoms with Gasteiger partial charge in [-0.05, 0) is 61.4 Å². The number of para-hydroxylation sites is 2. The molecule has 0 aliphatic carbocycles. The number of nitrogens with one attached hydrogen (secondary N) is 2. The molecule has 0 saturated carbocycles. The van der Waals surface area contributed by atoms with Crippen LogP contribution >= 0.6 is 11.6 Å². The van der Waals surface area contributed by atoms with Crippen molar-refractivity contribution < 1.29 is 17.9 Å². The molecule has 8 heteroatoms. The van der Waals surface area contributed by atoms with Crippen molar-refractivity contribution in [3.8, 4) is 5.75 Å². The first-order valence-electron chi connectivity index (χ1n) is 9.70. The molecule has 1 amide bonds. The summed E-state index contributed by atoms with van der Waals surface area (Å²) in [5.74, 6) is 0.0750. The molecule has 3 aromatic rings. The molecule has 6 nitrogen and oxygen atoms in total. The highest BCUT2D eigenvalue weighted by molar-refractivity contribution is 7.92. The molecule has 0 fully saturated rings. The van der Waals surface area contributed by atoms with Crippen LogP contribution in [-0.2, 0) is 14.8 Å². The summed E-state index contributed by atoms with van der Waals surface area (Å²) in [5, 5.41) is 3.17. The van der Waals surface area contributed by atoms with E-state index in [9.17, 15) is 13.2 Å². The van der Waals surface area contributed by atoms with Gasteiger partial charge in [-0.15, -0.1) is 0 Å². The largest absolute Gasteiger partial charge is 0.479 e. The molecule has 3 aromatic carbocycles. The number of hydrogen-bond acceptors (Lipinski definition) is 4. The summed E-state index contributed by atoms with van der Waals surface area (Å²) < 4.78 is 33.6. The molecule has 0 aromatic heterocycles. The first kappa shape index (κ1) is 22.7. The van der Waals surface area contributed by atoms with Gasteiger partial charge in [-0.2, -0.15) is 0 Å². The van der Waals surface area contributed by atoms with Crippen molar-refractivity contribution in [2.24, 2.45) is 0 Å². The normalized spacial score (nSPS) is 12.1. The Morgan fingerprint density at radius 2 is 1.65 bits per heavy atom. The molecule has 0 aliphatic heterocycles. The number of carbonyl (C=O) groups is 1. The zero-order valence-corrected chi connectivity index (χ0v) is 18.7. The minimum absolute atomic E-state index is 0.0908. The summed E-state index contributed by atoms with van der Waals surface area (Å²) >= 11 is 6.10. The van der Waals surface area contributed by atoms with E-state index in [1.807, 2.05) is 26.0 Å². The van der Waals surface area contributed by atoms with E-state index in [1.165, 1.54) is 24.3 Å². The minimum Gasteiger partial charge on any atom is -0.479 e. The highest BCUT2D eigenvalue weighted by atomic mass is 35.5. The molecule has 31 heavy (non-hydrogen) atoms. The maximum absolute atomic E-state index is 12.6. The number of ether oxygens (including phenoxy) is 1. The second kappa shape index (κ2) is 9.85. The van der Waals surface area contributed by atoms with Crippen molar-refractivity contribution in [3.05, 3.63) is 83.4 Å². The fourth-order valence-electron chi connectivity index (χ4n) is 2.85. The number of halogens is 1. The van der Waals surface area contributed by atoms with Crippen LogP contribution in [0.15, 0.2) is 77.7 Å². The lowest BCUT2D eigenvalue weighted by molar-refractivity contribution is -0.122. The van der Waals surface area contributed by atoms with E-state index < -0.39 is 16.1 Å². The van der Waals surface area contributed by atoms with Gasteiger partial charge in [-0.3, -0.25) is 9.52 Å². The van der Waals surface area contributed by atoms with Gasteiger partial charge in [0, 0.05) is 5.69 Å². The van der Waals surface area contributed by atoms with E-state index in [1.54, 1.807) is 36.4 Å². The number of benzene rings is 3. The van der Waals surface area contributed by atoms with Crippen LogP contribution in [0.5, 0.6) is 5.75 Å². The summed E-state index contributed by atoms with van der Waals surface area (Å²) in [6.07, 6.45) is -0.310. The highest BCUT2D eigenvalue weighted by Gasteiger charge is 2.20. The van der Waals surface area contributed by atoms with Crippen LogP contribution < -0.4 is 14.8 Å². The Morgan fingerprint density at radius 3 is 2.29 bits per heavy atom. The van der Waals surface area contributed by atoms with Gasteiger partial charge in [-0.25, -0.2) is 8.42 Å².